The number of nitrogens with one attached hydrogen (secondary N) is 1. The quantitative estimate of drug-likeness (QED) is 0.698. The Labute approximate surface area is 162 Å². The van der Waals surface area contributed by atoms with Crippen molar-refractivity contribution >= 4 is 22.4 Å². The van der Waals surface area contributed by atoms with Crippen LogP contribution in [0.15, 0.2) is 42.7 Å². The molecule has 1 aromatic heterocycles. The van der Waals surface area contributed by atoms with Gasteiger partial charge in [-0.2, -0.15) is 0 Å². The Hall–Kier alpha value is -3.10. The lowest BCUT2D eigenvalue weighted by Crippen LogP contribution is -2.15. The molecule has 2 aromatic carbocycles. The second-order valence-electron chi connectivity index (χ2n) is 6.14. The number of fused-ring (bicyclic) bond motifs is 2. The van der Waals surface area contributed by atoms with Gasteiger partial charge < -0.3 is 29.4 Å². The average Bonchev–Trinajstić information content (AvgIpc) is 2.68. The second-order valence-corrected chi connectivity index (χ2v) is 6.14. The molecule has 2 heterocycles. The van der Waals surface area contributed by atoms with Crippen molar-refractivity contribution in [1.29, 1.82) is 0 Å². The van der Waals surface area contributed by atoms with Gasteiger partial charge in [0.2, 0.25) is 0 Å². The van der Waals surface area contributed by atoms with Crippen LogP contribution in [0.4, 0.5) is 11.5 Å². The number of hydrogen-bond donors (Lipinski definition) is 2. The van der Waals surface area contributed by atoms with E-state index in [1.54, 1.807) is 18.2 Å². The summed E-state index contributed by atoms with van der Waals surface area (Å²) in [5.41, 5.74) is 1.43. The number of aromatic hydroxyl groups is 1. The lowest BCUT2D eigenvalue weighted by atomic mass is 10.2. The minimum absolute atomic E-state index is 0.173. The van der Waals surface area contributed by atoms with Crippen LogP contribution in [0.2, 0.25) is 0 Å². The Morgan fingerprint density at radius 1 is 0.821 bits per heavy atom. The van der Waals surface area contributed by atoms with E-state index < -0.39 is 0 Å². The normalized spacial score (nSPS) is 15.4. The molecule has 8 nitrogen and oxygen atoms in total. The Morgan fingerprint density at radius 2 is 1.54 bits per heavy atom. The highest BCUT2D eigenvalue weighted by Crippen LogP contribution is 2.35. The fraction of sp³-hybridized carbons (Fsp3) is 0.300. The van der Waals surface area contributed by atoms with E-state index in [4.69, 9.17) is 18.9 Å². The SMILES string of the molecule is Oc1cccc(Nc2ncnc3cc4c(cc23)OCCOCCOCCO4)c1. The van der Waals surface area contributed by atoms with Gasteiger partial charge in [0.1, 0.15) is 31.1 Å². The average molecular weight is 383 g/mol. The van der Waals surface area contributed by atoms with E-state index in [1.807, 2.05) is 18.2 Å². The maximum Gasteiger partial charge on any atom is 0.163 e. The predicted molar refractivity (Wildman–Crippen MR) is 104 cm³/mol. The zero-order chi connectivity index (χ0) is 19.2. The summed E-state index contributed by atoms with van der Waals surface area (Å²) < 4.78 is 22.6. The van der Waals surface area contributed by atoms with Crippen molar-refractivity contribution in [1.82, 2.24) is 9.97 Å². The molecule has 3 aromatic rings. The van der Waals surface area contributed by atoms with E-state index in [0.717, 1.165) is 11.1 Å². The Morgan fingerprint density at radius 3 is 2.29 bits per heavy atom. The third kappa shape index (κ3) is 4.41. The van der Waals surface area contributed by atoms with Crippen LogP contribution in [-0.4, -0.2) is 54.7 Å². The van der Waals surface area contributed by atoms with E-state index in [9.17, 15) is 5.11 Å². The van der Waals surface area contributed by atoms with Gasteiger partial charge >= 0.3 is 0 Å². The van der Waals surface area contributed by atoms with Crippen LogP contribution < -0.4 is 14.8 Å². The Kier molecular flexibility index (Phi) is 5.69. The lowest BCUT2D eigenvalue weighted by Gasteiger charge is -2.16. The van der Waals surface area contributed by atoms with Crippen LogP contribution in [0, 0.1) is 0 Å². The predicted octanol–water partition coefficient (Wildman–Crippen LogP) is 2.88. The van der Waals surface area contributed by atoms with Gasteiger partial charge in [-0.25, -0.2) is 9.97 Å². The number of benzene rings is 2. The molecule has 0 spiro atoms. The third-order valence-corrected chi connectivity index (χ3v) is 4.15. The molecule has 0 saturated carbocycles. The van der Waals surface area contributed by atoms with Crippen molar-refractivity contribution in [2.24, 2.45) is 0 Å². The van der Waals surface area contributed by atoms with Crippen LogP contribution in [0.5, 0.6) is 17.2 Å². The Balaban J connectivity index is 1.67. The van der Waals surface area contributed by atoms with Gasteiger partial charge in [-0.1, -0.05) is 6.07 Å². The molecule has 0 saturated heterocycles. The largest absolute Gasteiger partial charge is 0.508 e. The first-order valence-electron chi connectivity index (χ1n) is 9.05. The van der Waals surface area contributed by atoms with Gasteiger partial charge in [-0.3, -0.25) is 0 Å². The van der Waals surface area contributed by atoms with E-state index in [-0.39, 0.29) is 5.75 Å². The summed E-state index contributed by atoms with van der Waals surface area (Å²) in [6.45, 7) is 2.78. The van der Waals surface area contributed by atoms with Crippen LogP contribution in [0.3, 0.4) is 0 Å². The summed E-state index contributed by atoms with van der Waals surface area (Å²) >= 11 is 0. The molecular weight excluding hydrogens is 362 g/mol. The molecule has 0 atom stereocenters. The number of anilines is 2. The summed E-state index contributed by atoms with van der Waals surface area (Å²) in [7, 11) is 0. The molecule has 0 amide bonds. The maximum absolute atomic E-state index is 9.68. The van der Waals surface area contributed by atoms with E-state index in [0.29, 0.717) is 62.5 Å². The molecule has 2 N–H and O–H groups in total. The summed E-state index contributed by atoms with van der Waals surface area (Å²) in [6.07, 6.45) is 1.48. The molecule has 8 heteroatoms. The highest BCUT2D eigenvalue weighted by atomic mass is 16.6. The summed E-state index contributed by atoms with van der Waals surface area (Å²) in [5, 5.41) is 13.7. The second kappa shape index (κ2) is 8.73. The molecule has 0 radical (unpaired) electrons. The molecule has 0 unspecified atom stereocenters. The number of nitrogens with zero attached hydrogens (tertiary/aromatic N) is 2. The molecule has 1 aliphatic rings. The van der Waals surface area contributed by atoms with Crippen LogP contribution in [0.25, 0.3) is 10.9 Å². The van der Waals surface area contributed by atoms with Crippen molar-refractivity contribution in [3.63, 3.8) is 0 Å². The summed E-state index contributed by atoms with van der Waals surface area (Å²) in [4.78, 5) is 8.69. The van der Waals surface area contributed by atoms with Crippen LogP contribution in [-0.2, 0) is 9.47 Å². The number of phenols is 1. The first kappa shape index (κ1) is 18.3. The summed E-state index contributed by atoms with van der Waals surface area (Å²) in [5.74, 6) is 1.96. The van der Waals surface area contributed by atoms with Gasteiger partial charge in [0.25, 0.3) is 0 Å². The fourth-order valence-electron chi connectivity index (χ4n) is 2.85. The maximum atomic E-state index is 9.68. The van der Waals surface area contributed by atoms with E-state index in [1.165, 1.54) is 6.33 Å². The topological polar surface area (TPSA) is 95.0 Å². The molecule has 0 bridgehead atoms. The summed E-state index contributed by atoms with van der Waals surface area (Å²) in [6, 6.07) is 10.5. The van der Waals surface area contributed by atoms with Crippen LogP contribution in [0.1, 0.15) is 0 Å². The van der Waals surface area contributed by atoms with E-state index >= 15 is 0 Å². The first-order valence-corrected chi connectivity index (χ1v) is 9.05. The smallest absolute Gasteiger partial charge is 0.163 e. The lowest BCUT2D eigenvalue weighted by molar-refractivity contribution is 0.0224. The van der Waals surface area contributed by atoms with Crippen LogP contribution >= 0.6 is 0 Å². The molecule has 4 rings (SSSR count). The molecule has 146 valence electrons. The molecule has 1 aliphatic heterocycles. The van der Waals surface area contributed by atoms with Crippen molar-refractivity contribution in [3.8, 4) is 17.2 Å². The molecule has 0 fully saturated rings. The van der Waals surface area contributed by atoms with Crippen molar-refractivity contribution in [2.45, 2.75) is 0 Å². The Bertz CT molecular complexity index is 950. The van der Waals surface area contributed by atoms with Gasteiger partial charge in [0.05, 0.1) is 31.9 Å². The van der Waals surface area contributed by atoms with Gasteiger partial charge in [0, 0.05) is 23.2 Å². The standard InChI is InChI=1S/C20H21N3O5/c24-15-3-1-2-14(10-15)23-20-16-11-18-19(12-17(16)21-13-22-20)28-9-7-26-5-4-25-6-8-27-18/h1-3,10-13,24H,4-9H2,(H,21,22,23). The van der Waals surface area contributed by atoms with Gasteiger partial charge in [-0.05, 0) is 18.2 Å². The van der Waals surface area contributed by atoms with Crippen molar-refractivity contribution in [3.05, 3.63) is 42.7 Å². The highest BCUT2D eigenvalue weighted by Gasteiger charge is 2.13. The third-order valence-electron chi connectivity index (χ3n) is 4.15. The number of ether oxygens (including phenoxy) is 4. The first-order chi connectivity index (χ1) is 13.8. The van der Waals surface area contributed by atoms with E-state index in [2.05, 4.69) is 15.3 Å². The van der Waals surface area contributed by atoms with Crippen molar-refractivity contribution in [2.75, 3.05) is 45.0 Å². The molecule has 0 aliphatic carbocycles. The molecular formula is C20H21N3O5. The number of phenolic OH excluding ortho intramolecular Hbond substituents is 1. The molecule has 28 heavy (non-hydrogen) atoms. The monoisotopic (exact) mass is 383 g/mol. The number of aromatic nitrogens is 2. The fourth-order valence-corrected chi connectivity index (χ4v) is 2.85. The number of hydrogen-bond acceptors (Lipinski definition) is 8. The highest BCUT2D eigenvalue weighted by molar-refractivity contribution is 5.93. The van der Waals surface area contributed by atoms with Gasteiger partial charge in [0.15, 0.2) is 11.5 Å². The number of rotatable bonds is 2. The minimum atomic E-state index is 0.173. The minimum Gasteiger partial charge on any atom is -0.508 e. The van der Waals surface area contributed by atoms with Gasteiger partial charge in [-0.15, -0.1) is 0 Å². The van der Waals surface area contributed by atoms with Crippen molar-refractivity contribution < 1.29 is 24.1 Å². The zero-order valence-corrected chi connectivity index (χ0v) is 15.3. The zero-order valence-electron chi connectivity index (χ0n) is 15.3.